The topological polar surface area (TPSA) is 49.6 Å². The molecule has 0 saturated heterocycles. The highest BCUT2D eigenvalue weighted by Gasteiger charge is 2.13. The van der Waals surface area contributed by atoms with Crippen LogP contribution in [0.5, 0.6) is 0 Å². The number of fused-ring (bicyclic) bond motifs is 1. The predicted octanol–water partition coefficient (Wildman–Crippen LogP) is 2.05. The van der Waals surface area contributed by atoms with Crippen molar-refractivity contribution in [2.24, 2.45) is 0 Å². The number of pyridine rings is 1. The van der Waals surface area contributed by atoms with Gasteiger partial charge in [0, 0.05) is 19.3 Å². The van der Waals surface area contributed by atoms with Crippen LogP contribution >= 0.6 is 0 Å². The molecule has 5 heteroatoms. The van der Waals surface area contributed by atoms with Gasteiger partial charge in [0.25, 0.3) is 0 Å². The molecule has 0 saturated carbocycles. The van der Waals surface area contributed by atoms with Crippen LogP contribution < -0.4 is 5.32 Å². The average molecular weight is 258 g/mol. The van der Waals surface area contributed by atoms with E-state index in [1.807, 2.05) is 35.7 Å². The fraction of sp³-hybridized carbons (Fsp3) is 0.286. The van der Waals surface area contributed by atoms with Crippen molar-refractivity contribution in [2.45, 2.75) is 13.5 Å². The molecule has 2 heterocycles. The van der Waals surface area contributed by atoms with Gasteiger partial charge in [-0.1, -0.05) is 12.1 Å². The highest BCUT2D eigenvalue weighted by Crippen LogP contribution is 2.09. The molecule has 0 aliphatic carbocycles. The average Bonchev–Trinajstić information content (AvgIpc) is 2.85. The van der Waals surface area contributed by atoms with E-state index < -0.39 is 0 Å². The second-order valence-corrected chi connectivity index (χ2v) is 4.17. The third-order valence-corrected chi connectivity index (χ3v) is 2.91. The van der Waals surface area contributed by atoms with Crippen LogP contribution in [0.15, 0.2) is 43.2 Å². The minimum Gasteiger partial charge on any atom is -0.335 e. The van der Waals surface area contributed by atoms with Crippen LogP contribution in [0, 0.1) is 0 Å². The Labute approximate surface area is 112 Å². The van der Waals surface area contributed by atoms with E-state index in [9.17, 15) is 4.79 Å². The van der Waals surface area contributed by atoms with Gasteiger partial charge in [-0.25, -0.2) is 9.78 Å². The summed E-state index contributed by atoms with van der Waals surface area (Å²) in [7, 11) is 0. The molecule has 0 fully saturated rings. The fourth-order valence-electron chi connectivity index (χ4n) is 1.90. The second-order valence-electron chi connectivity index (χ2n) is 4.17. The van der Waals surface area contributed by atoms with Gasteiger partial charge < -0.3 is 14.6 Å². The van der Waals surface area contributed by atoms with E-state index in [-0.39, 0.29) is 6.03 Å². The van der Waals surface area contributed by atoms with Crippen LogP contribution in [0.3, 0.4) is 0 Å². The lowest BCUT2D eigenvalue weighted by atomic mass is 10.4. The summed E-state index contributed by atoms with van der Waals surface area (Å²) in [5, 5.41) is 2.78. The number of rotatable bonds is 5. The van der Waals surface area contributed by atoms with E-state index in [1.165, 1.54) is 0 Å². The molecule has 0 unspecified atom stereocenters. The molecule has 0 atom stereocenters. The van der Waals surface area contributed by atoms with Gasteiger partial charge in [0.1, 0.15) is 5.65 Å². The molecule has 0 radical (unpaired) electrons. The van der Waals surface area contributed by atoms with E-state index in [0.29, 0.717) is 19.6 Å². The quantitative estimate of drug-likeness (QED) is 0.834. The van der Waals surface area contributed by atoms with Gasteiger partial charge in [-0.2, -0.15) is 0 Å². The minimum atomic E-state index is -0.0896. The lowest BCUT2D eigenvalue weighted by molar-refractivity contribution is 0.198. The Bertz CT molecular complexity index is 576. The largest absolute Gasteiger partial charge is 0.335 e. The highest BCUT2D eigenvalue weighted by molar-refractivity contribution is 5.74. The van der Waals surface area contributed by atoms with Crippen molar-refractivity contribution in [1.82, 2.24) is 19.6 Å². The van der Waals surface area contributed by atoms with Crippen molar-refractivity contribution in [1.29, 1.82) is 0 Å². The van der Waals surface area contributed by atoms with Crippen molar-refractivity contribution in [3.8, 4) is 0 Å². The number of nitrogens with one attached hydrogen (secondary N) is 1. The number of amides is 2. The highest BCUT2D eigenvalue weighted by atomic mass is 16.2. The number of imidazole rings is 1. The monoisotopic (exact) mass is 258 g/mol. The van der Waals surface area contributed by atoms with Crippen molar-refractivity contribution in [3.63, 3.8) is 0 Å². The lowest BCUT2D eigenvalue weighted by Gasteiger charge is -2.20. The van der Waals surface area contributed by atoms with Crippen LogP contribution in [0.4, 0.5) is 4.79 Å². The third kappa shape index (κ3) is 2.93. The van der Waals surface area contributed by atoms with E-state index in [0.717, 1.165) is 11.3 Å². The number of nitrogens with zero attached hydrogens (tertiary/aromatic N) is 3. The first-order valence-electron chi connectivity index (χ1n) is 6.31. The minimum absolute atomic E-state index is 0.0896. The maximum atomic E-state index is 11.9. The second kappa shape index (κ2) is 6.04. The van der Waals surface area contributed by atoms with Crippen LogP contribution in [0.2, 0.25) is 0 Å². The fourth-order valence-corrected chi connectivity index (χ4v) is 1.90. The summed E-state index contributed by atoms with van der Waals surface area (Å²) >= 11 is 0. The molecule has 2 aromatic heterocycles. The maximum absolute atomic E-state index is 11.9. The van der Waals surface area contributed by atoms with Crippen molar-refractivity contribution in [2.75, 3.05) is 13.1 Å². The zero-order valence-electron chi connectivity index (χ0n) is 11.0. The first-order valence-corrected chi connectivity index (χ1v) is 6.31. The van der Waals surface area contributed by atoms with Gasteiger partial charge in [-0.05, 0) is 19.1 Å². The SMILES string of the molecule is C=CCNC(=O)N(CC)Cc1cnc2ccccn12. The standard InChI is InChI=1S/C14H18N4O/c1-3-8-15-14(19)17(4-2)11-12-10-16-13-7-5-6-9-18(12)13/h3,5-7,9-10H,1,4,8,11H2,2H3,(H,15,19). The summed E-state index contributed by atoms with van der Waals surface area (Å²) < 4.78 is 1.99. The van der Waals surface area contributed by atoms with E-state index in [2.05, 4.69) is 16.9 Å². The van der Waals surface area contributed by atoms with Gasteiger partial charge in [-0.3, -0.25) is 0 Å². The van der Waals surface area contributed by atoms with E-state index >= 15 is 0 Å². The lowest BCUT2D eigenvalue weighted by Crippen LogP contribution is -2.39. The van der Waals surface area contributed by atoms with Gasteiger partial charge >= 0.3 is 6.03 Å². The maximum Gasteiger partial charge on any atom is 0.317 e. The molecule has 2 aromatic rings. The summed E-state index contributed by atoms with van der Waals surface area (Å²) in [6, 6.07) is 5.75. The molecule has 100 valence electrons. The molecule has 0 aliphatic rings. The zero-order chi connectivity index (χ0) is 13.7. The van der Waals surface area contributed by atoms with E-state index in [4.69, 9.17) is 0 Å². The van der Waals surface area contributed by atoms with Crippen molar-refractivity contribution >= 4 is 11.7 Å². The first-order chi connectivity index (χ1) is 9.26. The number of urea groups is 1. The Morgan fingerprint density at radius 3 is 3.16 bits per heavy atom. The van der Waals surface area contributed by atoms with Gasteiger partial charge in [0.15, 0.2) is 0 Å². The normalized spacial score (nSPS) is 10.4. The Morgan fingerprint density at radius 2 is 2.42 bits per heavy atom. The number of hydrogen-bond donors (Lipinski definition) is 1. The Hall–Kier alpha value is -2.30. The molecular formula is C14H18N4O. The summed E-state index contributed by atoms with van der Waals surface area (Å²) in [6.45, 7) is 7.19. The molecular weight excluding hydrogens is 240 g/mol. The number of carbonyl (C=O) groups excluding carboxylic acids is 1. The summed E-state index contributed by atoms with van der Waals surface area (Å²) in [4.78, 5) is 18.0. The molecule has 2 rings (SSSR count). The van der Waals surface area contributed by atoms with Crippen molar-refractivity contribution < 1.29 is 4.79 Å². The molecule has 1 N–H and O–H groups in total. The van der Waals surface area contributed by atoms with Crippen molar-refractivity contribution in [3.05, 3.63) is 48.9 Å². The molecule has 0 aliphatic heterocycles. The Morgan fingerprint density at radius 1 is 1.58 bits per heavy atom. The Kier molecular flexibility index (Phi) is 4.18. The molecule has 19 heavy (non-hydrogen) atoms. The van der Waals surface area contributed by atoms with Crippen LogP contribution in [0.25, 0.3) is 5.65 Å². The molecule has 0 spiro atoms. The van der Waals surface area contributed by atoms with Crippen LogP contribution in [-0.2, 0) is 6.54 Å². The number of hydrogen-bond acceptors (Lipinski definition) is 2. The Balaban J connectivity index is 2.13. The summed E-state index contributed by atoms with van der Waals surface area (Å²) in [6.07, 6.45) is 5.42. The number of aromatic nitrogens is 2. The van der Waals surface area contributed by atoms with Crippen LogP contribution in [0.1, 0.15) is 12.6 Å². The molecule has 5 nitrogen and oxygen atoms in total. The smallest absolute Gasteiger partial charge is 0.317 e. The first kappa shape index (κ1) is 13.1. The molecule has 0 aromatic carbocycles. The van der Waals surface area contributed by atoms with Gasteiger partial charge in [0.05, 0.1) is 18.4 Å². The summed E-state index contributed by atoms with van der Waals surface area (Å²) in [5.41, 5.74) is 1.88. The summed E-state index contributed by atoms with van der Waals surface area (Å²) in [5.74, 6) is 0. The van der Waals surface area contributed by atoms with Gasteiger partial charge in [0.2, 0.25) is 0 Å². The number of carbonyl (C=O) groups is 1. The van der Waals surface area contributed by atoms with E-state index in [1.54, 1.807) is 17.2 Å². The molecule has 2 amide bonds. The zero-order valence-corrected chi connectivity index (χ0v) is 11.0. The third-order valence-electron chi connectivity index (χ3n) is 2.91. The van der Waals surface area contributed by atoms with Gasteiger partial charge in [-0.15, -0.1) is 6.58 Å². The molecule has 0 bridgehead atoms. The van der Waals surface area contributed by atoms with Crippen LogP contribution in [-0.4, -0.2) is 33.4 Å². The predicted molar refractivity (Wildman–Crippen MR) is 74.9 cm³/mol.